The van der Waals surface area contributed by atoms with E-state index in [4.69, 9.17) is 9.40 Å². The van der Waals surface area contributed by atoms with Crippen molar-refractivity contribution in [1.29, 1.82) is 0 Å². The van der Waals surface area contributed by atoms with E-state index < -0.39 is 0 Å². The third kappa shape index (κ3) is 6.37. The SMILES string of the molecule is CC.CC.C[C@@H]1CCC(c2nc(CCO)c(-c3ccccc3)o2)CN1C(=O)c1ccccc1-n1nccn1. The first-order valence-electron chi connectivity index (χ1n) is 13.6. The summed E-state index contributed by atoms with van der Waals surface area (Å²) in [6.45, 7) is 10.6. The van der Waals surface area contributed by atoms with Gasteiger partial charge in [0.15, 0.2) is 11.7 Å². The van der Waals surface area contributed by atoms with Crippen LogP contribution < -0.4 is 0 Å². The highest BCUT2D eigenvalue weighted by molar-refractivity contribution is 5.98. The lowest BCUT2D eigenvalue weighted by atomic mass is 9.92. The van der Waals surface area contributed by atoms with Crippen LogP contribution in [-0.2, 0) is 6.42 Å². The molecule has 2 atom stereocenters. The van der Waals surface area contributed by atoms with Crippen molar-refractivity contribution in [3.05, 3.63) is 84.1 Å². The smallest absolute Gasteiger partial charge is 0.256 e. The molecule has 0 radical (unpaired) electrons. The summed E-state index contributed by atoms with van der Waals surface area (Å²) in [5.74, 6) is 1.23. The van der Waals surface area contributed by atoms with Crippen LogP contribution in [0.3, 0.4) is 0 Å². The lowest BCUT2D eigenvalue weighted by Crippen LogP contribution is -2.45. The number of hydrogen-bond donors (Lipinski definition) is 1. The predicted molar refractivity (Wildman–Crippen MR) is 149 cm³/mol. The summed E-state index contributed by atoms with van der Waals surface area (Å²) in [7, 11) is 0. The maximum atomic E-state index is 13.7. The first kappa shape index (κ1) is 28.8. The van der Waals surface area contributed by atoms with E-state index in [1.807, 2.05) is 87.2 Å². The molecule has 0 bridgehead atoms. The number of hydrogen-bond acceptors (Lipinski definition) is 6. The van der Waals surface area contributed by atoms with Crippen molar-refractivity contribution in [3.63, 3.8) is 0 Å². The van der Waals surface area contributed by atoms with E-state index in [1.54, 1.807) is 12.4 Å². The van der Waals surface area contributed by atoms with Crippen LogP contribution in [0.1, 0.15) is 75.3 Å². The fourth-order valence-electron chi connectivity index (χ4n) is 4.55. The molecular weight excluding hydrogens is 478 g/mol. The molecule has 1 N–H and O–H groups in total. The number of benzene rings is 2. The number of para-hydroxylation sites is 1. The van der Waals surface area contributed by atoms with Gasteiger partial charge in [-0.3, -0.25) is 4.79 Å². The van der Waals surface area contributed by atoms with E-state index >= 15 is 0 Å². The Morgan fingerprint density at radius 2 is 1.63 bits per heavy atom. The fourth-order valence-corrected chi connectivity index (χ4v) is 4.55. The first-order valence-corrected chi connectivity index (χ1v) is 13.6. The van der Waals surface area contributed by atoms with Gasteiger partial charge in [-0.05, 0) is 31.9 Å². The number of amides is 1. The molecule has 3 heterocycles. The Kier molecular flexibility index (Phi) is 10.8. The van der Waals surface area contributed by atoms with Crippen LogP contribution >= 0.6 is 0 Å². The summed E-state index contributed by atoms with van der Waals surface area (Å²) >= 11 is 0. The molecule has 2 aromatic heterocycles. The molecule has 8 nitrogen and oxygen atoms in total. The second-order valence-electron chi connectivity index (χ2n) is 8.58. The normalized spacial score (nSPS) is 16.6. The lowest BCUT2D eigenvalue weighted by molar-refractivity contribution is 0.0597. The summed E-state index contributed by atoms with van der Waals surface area (Å²) in [5.41, 5.74) is 2.89. The van der Waals surface area contributed by atoms with Gasteiger partial charge in [0.05, 0.1) is 35.3 Å². The maximum absolute atomic E-state index is 13.7. The molecule has 4 aromatic rings. The molecule has 1 amide bonds. The minimum Gasteiger partial charge on any atom is -0.440 e. The molecule has 1 fully saturated rings. The molecule has 1 aliphatic heterocycles. The molecule has 1 unspecified atom stereocenters. The Morgan fingerprint density at radius 1 is 0.974 bits per heavy atom. The van der Waals surface area contributed by atoms with E-state index in [0.717, 1.165) is 24.1 Å². The number of aliphatic hydroxyl groups excluding tert-OH is 1. The molecule has 2 aromatic carbocycles. The number of likely N-dealkylation sites (tertiary alicyclic amines) is 1. The molecule has 1 saturated heterocycles. The van der Waals surface area contributed by atoms with E-state index in [9.17, 15) is 9.90 Å². The van der Waals surface area contributed by atoms with E-state index in [-0.39, 0.29) is 24.5 Å². The van der Waals surface area contributed by atoms with Gasteiger partial charge >= 0.3 is 0 Å². The van der Waals surface area contributed by atoms with Crippen LogP contribution in [-0.4, -0.2) is 55.1 Å². The molecular formula is C30H39N5O3. The lowest BCUT2D eigenvalue weighted by Gasteiger charge is -2.37. The van der Waals surface area contributed by atoms with Crippen molar-refractivity contribution in [3.8, 4) is 17.0 Å². The summed E-state index contributed by atoms with van der Waals surface area (Å²) in [6, 6.07) is 17.3. The number of aromatic nitrogens is 4. The highest BCUT2D eigenvalue weighted by Crippen LogP contribution is 2.35. The van der Waals surface area contributed by atoms with E-state index in [0.29, 0.717) is 35.9 Å². The van der Waals surface area contributed by atoms with Gasteiger partial charge in [0, 0.05) is 31.2 Å². The maximum Gasteiger partial charge on any atom is 0.256 e. The van der Waals surface area contributed by atoms with Crippen LogP contribution in [0.15, 0.2) is 71.4 Å². The summed E-state index contributed by atoms with van der Waals surface area (Å²) in [5, 5.41) is 18.0. The van der Waals surface area contributed by atoms with Crippen molar-refractivity contribution in [2.45, 2.75) is 65.8 Å². The van der Waals surface area contributed by atoms with Crippen LogP contribution in [0.2, 0.25) is 0 Å². The van der Waals surface area contributed by atoms with Gasteiger partial charge in [0.1, 0.15) is 0 Å². The minimum atomic E-state index is -0.0597. The second kappa shape index (κ2) is 14.2. The van der Waals surface area contributed by atoms with Gasteiger partial charge < -0.3 is 14.4 Å². The molecule has 5 rings (SSSR count). The Morgan fingerprint density at radius 3 is 2.32 bits per heavy atom. The average Bonchev–Trinajstić information content (AvgIpc) is 3.67. The first-order chi connectivity index (χ1) is 18.7. The summed E-state index contributed by atoms with van der Waals surface area (Å²) < 4.78 is 6.26. The van der Waals surface area contributed by atoms with Gasteiger partial charge in [-0.1, -0.05) is 70.2 Å². The molecule has 0 saturated carbocycles. The Labute approximate surface area is 225 Å². The standard InChI is InChI=1S/C26H27N5O3.2C2H6/c1-18-11-12-20(25-29-22(13-16-32)24(34-25)19-7-3-2-4-8-19)17-30(18)26(33)21-9-5-6-10-23(21)31-27-14-15-28-31;2*1-2/h2-10,14-15,18,20,32H,11-13,16-17H2,1H3;2*1-2H3/t18-,20?;;/m1../s1. The highest BCUT2D eigenvalue weighted by atomic mass is 16.4. The zero-order valence-corrected chi connectivity index (χ0v) is 23.0. The van der Waals surface area contributed by atoms with Crippen molar-refractivity contribution in [1.82, 2.24) is 24.9 Å². The van der Waals surface area contributed by atoms with E-state index in [2.05, 4.69) is 17.1 Å². The van der Waals surface area contributed by atoms with Gasteiger partial charge in [0.25, 0.3) is 5.91 Å². The van der Waals surface area contributed by atoms with Gasteiger partial charge in [-0.2, -0.15) is 15.0 Å². The van der Waals surface area contributed by atoms with E-state index in [1.165, 1.54) is 4.80 Å². The number of aliphatic hydroxyl groups is 1. The topological polar surface area (TPSA) is 97.3 Å². The van der Waals surface area contributed by atoms with Gasteiger partial charge in [0.2, 0.25) is 0 Å². The van der Waals surface area contributed by atoms with Crippen LogP contribution in [0.4, 0.5) is 0 Å². The number of carbonyl (C=O) groups is 1. The number of oxazole rings is 1. The van der Waals surface area contributed by atoms with Crippen molar-refractivity contribution >= 4 is 5.91 Å². The second-order valence-corrected chi connectivity index (χ2v) is 8.58. The zero-order valence-electron chi connectivity index (χ0n) is 23.0. The Hall–Kier alpha value is -3.78. The minimum absolute atomic E-state index is 0.00360. The number of piperidine rings is 1. The van der Waals surface area contributed by atoms with Crippen LogP contribution in [0.5, 0.6) is 0 Å². The molecule has 38 heavy (non-hydrogen) atoms. The van der Waals surface area contributed by atoms with Crippen LogP contribution in [0, 0.1) is 0 Å². The monoisotopic (exact) mass is 517 g/mol. The Bertz CT molecular complexity index is 1250. The van der Waals surface area contributed by atoms with Crippen molar-refractivity contribution in [2.24, 2.45) is 0 Å². The van der Waals surface area contributed by atoms with Gasteiger partial charge in [-0.15, -0.1) is 0 Å². The number of rotatable bonds is 6. The quantitative estimate of drug-likeness (QED) is 0.341. The van der Waals surface area contributed by atoms with Crippen molar-refractivity contribution < 1.29 is 14.3 Å². The third-order valence-electron chi connectivity index (χ3n) is 6.36. The van der Waals surface area contributed by atoms with Gasteiger partial charge in [-0.25, -0.2) is 4.98 Å². The summed E-state index contributed by atoms with van der Waals surface area (Å²) in [4.78, 5) is 21.8. The fraction of sp³-hybridized carbons (Fsp3) is 0.400. The average molecular weight is 518 g/mol. The van der Waals surface area contributed by atoms with Crippen molar-refractivity contribution in [2.75, 3.05) is 13.2 Å². The molecule has 8 heteroatoms. The molecule has 202 valence electrons. The Balaban J connectivity index is 0.000000956. The number of nitrogens with zero attached hydrogens (tertiary/aromatic N) is 5. The predicted octanol–water partition coefficient (Wildman–Crippen LogP) is 5.92. The largest absolute Gasteiger partial charge is 0.440 e. The number of carbonyl (C=O) groups excluding carboxylic acids is 1. The zero-order chi connectivity index (χ0) is 27.5. The highest BCUT2D eigenvalue weighted by Gasteiger charge is 2.34. The third-order valence-corrected chi connectivity index (χ3v) is 6.36. The van der Waals surface area contributed by atoms with Crippen LogP contribution in [0.25, 0.3) is 17.0 Å². The molecule has 0 spiro atoms. The summed E-state index contributed by atoms with van der Waals surface area (Å²) in [6.07, 6.45) is 5.33. The molecule has 1 aliphatic rings. The molecule has 0 aliphatic carbocycles.